The van der Waals surface area contributed by atoms with E-state index >= 15 is 0 Å². The molecule has 26 heavy (non-hydrogen) atoms. The lowest BCUT2D eigenvalue weighted by Gasteiger charge is -2.13. The largest absolute Gasteiger partial charge is 0.496 e. The zero-order valence-electron chi connectivity index (χ0n) is 15.0. The third-order valence-corrected chi connectivity index (χ3v) is 5.23. The summed E-state index contributed by atoms with van der Waals surface area (Å²) in [5.74, 6) is 0.196. The molecule has 1 heterocycles. The molecule has 0 bridgehead atoms. The fourth-order valence-electron chi connectivity index (χ4n) is 2.43. The number of thiocarbonyl (C=S) groups is 1. The molecule has 0 N–H and O–H groups in total. The van der Waals surface area contributed by atoms with Crippen LogP contribution in [0.25, 0.3) is 6.08 Å². The Morgan fingerprint density at radius 3 is 2.81 bits per heavy atom. The van der Waals surface area contributed by atoms with Gasteiger partial charge in [0.05, 0.1) is 25.0 Å². The second-order valence-electron chi connectivity index (χ2n) is 5.75. The van der Waals surface area contributed by atoms with Crippen molar-refractivity contribution >= 4 is 46.3 Å². The maximum atomic E-state index is 12.6. The van der Waals surface area contributed by atoms with Crippen LogP contribution < -0.4 is 4.74 Å². The van der Waals surface area contributed by atoms with Gasteiger partial charge in [0, 0.05) is 12.1 Å². The molecule has 0 atom stereocenters. The lowest BCUT2D eigenvalue weighted by atomic mass is 10.2. The molecule has 1 aliphatic rings. The molecule has 0 spiro atoms. The number of carbonyl (C=O) groups is 2. The number of para-hydroxylation sites is 1. The Balaban J connectivity index is 1.94. The lowest BCUT2D eigenvalue weighted by Crippen LogP contribution is -2.30. The number of hydrogen-bond donors (Lipinski definition) is 0. The topological polar surface area (TPSA) is 55.8 Å². The molecule has 140 valence electrons. The van der Waals surface area contributed by atoms with Crippen LogP contribution in [-0.4, -0.2) is 41.4 Å². The number of amides is 1. The summed E-state index contributed by atoms with van der Waals surface area (Å²) in [6, 6.07) is 7.46. The number of carbonyl (C=O) groups excluding carboxylic acids is 2. The van der Waals surface area contributed by atoms with Crippen molar-refractivity contribution in [3.63, 3.8) is 0 Å². The molecule has 1 aromatic carbocycles. The van der Waals surface area contributed by atoms with E-state index in [0.29, 0.717) is 21.6 Å². The highest BCUT2D eigenvalue weighted by atomic mass is 32.2. The van der Waals surface area contributed by atoms with E-state index in [1.807, 2.05) is 24.3 Å². The van der Waals surface area contributed by atoms with Gasteiger partial charge >= 0.3 is 5.97 Å². The van der Waals surface area contributed by atoms with Gasteiger partial charge < -0.3 is 9.47 Å². The van der Waals surface area contributed by atoms with Crippen molar-refractivity contribution in [2.45, 2.75) is 32.6 Å². The number of esters is 1. The van der Waals surface area contributed by atoms with Crippen LogP contribution in [0.4, 0.5) is 0 Å². The fourth-order valence-corrected chi connectivity index (χ4v) is 3.73. The zero-order valence-corrected chi connectivity index (χ0v) is 16.7. The van der Waals surface area contributed by atoms with Crippen LogP contribution in [0.15, 0.2) is 29.2 Å². The Morgan fingerprint density at radius 2 is 2.08 bits per heavy atom. The van der Waals surface area contributed by atoms with E-state index in [4.69, 9.17) is 21.7 Å². The minimum atomic E-state index is -0.302. The average Bonchev–Trinajstić information content (AvgIpc) is 2.90. The Bertz CT molecular complexity index is 703. The van der Waals surface area contributed by atoms with Crippen molar-refractivity contribution in [1.29, 1.82) is 0 Å². The molecular formula is C19H23NO4S2. The summed E-state index contributed by atoms with van der Waals surface area (Å²) in [4.78, 5) is 26.4. The maximum Gasteiger partial charge on any atom is 0.307 e. The Kier molecular flexibility index (Phi) is 8.12. The SMILES string of the molecule is CCCCCOC(=O)CCN1C(=O)/C(=C/c2ccccc2OC)SC1=S. The molecular weight excluding hydrogens is 370 g/mol. The molecule has 0 aliphatic carbocycles. The molecule has 1 amide bonds. The molecule has 1 saturated heterocycles. The highest BCUT2D eigenvalue weighted by molar-refractivity contribution is 8.26. The van der Waals surface area contributed by atoms with Crippen molar-refractivity contribution in [2.75, 3.05) is 20.3 Å². The van der Waals surface area contributed by atoms with Gasteiger partial charge in [0.2, 0.25) is 0 Å². The fraction of sp³-hybridized carbons (Fsp3) is 0.421. The van der Waals surface area contributed by atoms with Gasteiger partial charge in [0.1, 0.15) is 10.1 Å². The first-order valence-corrected chi connectivity index (χ1v) is 9.83. The normalized spacial score (nSPS) is 15.6. The second-order valence-corrected chi connectivity index (χ2v) is 7.43. The molecule has 7 heteroatoms. The van der Waals surface area contributed by atoms with Crippen LogP contribution >= 0.6 is 24.0 Å². The number of ether oxygens (including phenoxy) is 2. The van der Waals surface area contributed by atoms with E-state index in [-0.39, 0.29) is 24.8 Å². The maximum absolute atomic E-state index is 12.6. The van der Waals surface area contributed by atoms with E-state index in [0.717, 1.165) is 24.8 Å². The van der Waals surface area contributed by atoms with Gasteiger partial charge in [-0.15, -0.1) is 0 Å². The Hall–Kier alpha value is -1.86. The summed E-state index contributed by atoms with van der Waals surface area (Å²) >= 11 is 6.52. The highest BCUT2D eigenvalue weighted by Gasteiger charge is 2.32. The predicted octanol–water partition coefficient (Wildman–Crippen LogP) is 4.02. The summed E-state index contributed by atoms with van der Waals surface area (Å²) in [6.45, 7) is 2.76. The van der Waals surface area contributed by atoms with Crippen LogP contribution in [0.3, 0.4) is 0 Å². The number of nitrogens with zero attached hydrogens (tertiary/aromatic N) is 1. The Morgan fingerprint density at radius 1 is 1.31 bits per heavy atom. The van der Waals surface area contributed by atoms with Gasteiger partial charge in [-0.2, -0.15) is 0 Å². The van der Waals surface area contributed by atoms with Crippen molar-refractivity contribution in [2.24, 2.45) is 0 Å². The first kappa shape index (κ1) is 20.5. The first-order chi connectivity index (χ1) is 12.6. The van der Waals surface area contributed by atoms with Crippen molar-refractivity contribution in [3.05, 3.63) is 34.7 Å². The van der Waals surface area contributed by atoms with Crippen molar-refractivity contribution in [1.82, 2.24) is 4.90 Å². The molecule has 1 fully saturated rings. The molecule has 0 aromatic heterocycles. The third kappa shape index (κ3) is 5.57. The smallest absolute Gasteiger partial charge is 0.307 e. The highest BCUT2D eigenvalue weighted by Crippen LogP contribution is 2.34. The van der Waals surface area contributed by atoms with Crippen LogP contribution in [-0.2, 0) is 14.3 Å². The van der Waals surface area contributed by atoms with Gasteiger partial charge in [-0.1, -0.05) is 61.9 Å². The molecule has 0 unspecified atom stereocenters. The van der Waals surface area contributed by atoms with Crippen molar-refractivity contribution in [3.8, 4) is 5.75 Å². The Labute approximate surface area is 163 Å². The number of benzene rings is 1. The molecule has 2 rings (SSSR count). The lowest BCUT2D eigenvalue weighted by molar-refractivity contribution is -0.144. The monoisotopic (exact) mass is 393 g/mol. The first-order valence-electron chi connectivity index (χ1n) is 8.60. The summed E-state index contributed by atoms with van der Waals surface area (Å²) in [5.41, 5.74) is 0.811. The number of hydrogen-bond acceptors (Lipinski definition) is 6. The van der Waals surface area contributed by atoms with E-state index in [1.165, 1.54) is 16.7 Å². The molecule has 5 nitrogen and oxygen atoms in total. The minimum Gasteiger partial charge on any atom is -0.496 e. The second kappa shape index (κ2) is 10.3. The summed E-state index contributed by atoms with van der Waals surface area (Å²) in [5, 5.41) is 0. The standard InChI is InChI=1S/C19H23NO4S2/c1-3-4-7-12-24-17(21)10-11-20-18(22)16(26-19(20)25)13-14-8-5-6-9-15(14)23-2/h5-6,8-9,13H,3-4,7,10-12H2,1-2H3/b16-13-. The van der Waals surface area contributed by atoms with Gasteiger partial charge in [-0.05, 0) is 18.6 Å². The van der Waals surface area contributed by atoms with E-state index < -0.39 is 0 Å². The van der Waals surface area contributed by atoms with E-state index in [2.05, 4.69) is 6.92 Å². The van der Waals surface area contributed by atoms with Crippen LogP contribution in [0.5, 0.6) is 5.75 Å². The molecule has 1 aliphatic heterocycles. The zero-order chi connectivity index (χ0) is 18.9. The van der Waals surface area contributed by atoms with Crippen LogP contribution in [0.2, 0.25) is 0 Å². The number of methoxy groups -OCH3 is 1. The molecule has 0 saturated carbocycles. The van der Waals surface area contributed by atoms with Gasteiger partial charge in [-0.3, -0.25) is 14.5 Å². The molecule has 1 aromatic rings. The van der Waals surface area contributed by atoms with Gasteiger partial charge in [-0.25, -0.2) is 0 Å². The van der Waals surface area contributed by atoms with Gasteiger partial charge in [0.25, 0.3) is 5.91 Å². The van der Waals surface area contributed by atoms with Crippen LogP contribution in [0.1, 0.15) is 38.2 Å². The van der Waals surface area contributed by atoms with Crippen LogP contribution in [0, 0.1) is 0 Å². The van der Waals surface area contributed by atoms with E-state index in [1.54, 1.807) is 13.2 Å². The van der Waals surface area contributed by atoms with E-state index in [9.17, 15) is 9.59 Å². The summed E-state index contributed by atoms with van der Waals surface area (Å²) in [7, 11) is 1.59. The minimum absolute atomic E-state index is 0.139. The number of thioether (sulfide) groups is 1. The molecule has 0 radical (unpaired) electrons. The predicted molar refractivity (Wildman–Crippen MR) is 108 cm³/mol. The van der Waals surface area contributed by atoms with Crippen molar-refractivity contribution < 1.29 is 19.1 Å². The average molecular weight is 394 g/mol. The number of unbranched alkanes of at least 4 members (excludes halogenated alkanes) is 2. The third-order valence-electron chi connectivity index (χ3n) is 3.85. The quantitative estimate of drug-likeness (QED) is 0.273. The number of rotatable bonds is 9. The summed E-state index contributed by atoms with van der Waals surface area (Å²) < 4.78 is 10.9. The van der Waals surface area contributed by atoms with Gasteiger partial charge in [0.15, 0.2) is 0 Å². The summed E-state index contributed by atoms with van der Waals surface area (Å²) in [6.07, 6.45) is 4.88.